The van der Waals surface area contributed by atoms with E-state index in [-0.39, 0.29) is 12.1 Å². The second-order valence-electron chi connectivity index (χ2n) is 6.82. The lowest BCUT2D eigenvalue weighted by Gasteiger charge is -2.16. The standard InChI is InChI=1S/C22H32O3/c1-17(2)12-13-22(25-20(5)23)19(4)10-6-8-18(3)9-7-11-21-14-15-24-16-21/h9-10,12,14-16,22H,6-8,11,13H2,1-5H3/b18-9+,19-10+. The second kappa shape index (κ2) is 11.5. The van der Waals surface area contributed by atoms with Gasteiger partial charge in [-0.15, -0.1) is 0 Å². The number of furan rings is 1. The first kappa shape index (κ1) is 21.0. The molecule has 3 heteroatoms. The minimum Gasteiger partial charge on any atom is -0.472 e. The van der Waals surface area contributed by atoms with Gasteiger partial charge in [-0.05, 0) is 70.6 Å². The molecule has 1 heterocycles. The van der Waals surface area contributed by atoms with Crippen LogP contribution in [0.25, 0.3) is 0 Å². The summed E-state index contributed by atoms with van der Waals surface area (Å²) in [6.07, 6.45) is 14.7. The molecule has 0 aliphatic heterocycles. The second-order valence-corrected chi connectivity index (χ2v) is 6.82. The Balaban J connectivity index is 2.46. The van der Waals surface area contributed by atoms with Crippen LogP contribution in [0, 0.1) is 0 Å². The zero-order valence-electron chi connectivity index (χ0n) is 16.3. The van der Waals surface area contributed by atoms with Crippen LogP contribution in [-0.4, -0.2) is 12.1 Å². The molecule has 0 saturated heterocycles. The van der Waals surface area contributed by atoms with E-state index in [0.717, 1.165) is 37.7 Å². The van der Waals surface area contributed by atoms with Crippen molar-refractivity contribution < 1.29 is 13.9 Å². The monoisotopic (exact) mass is 344 g/mol. The lowest BCUT2D eigenvalue weighted by Crippen LogP contribution is -2.17. The number of hydrogen-bond acceptors (Lipinski definition) is 3. The fourth-order valence-electron chi connectivity index (χ4n) is 2.55. The van der Waals surface area contributed by atoms with Gasteiger partial charge in [0.1, 0.15) is 6.10 Å². The molecule has 1 atom stereocenters. The summed E-state index contributed by atoms with van der Waals surface area (Å²) in [5.41, 5.74) is 4.99. The highest BCUT2D eigenvalue weighted by atomic mass is 16.5. The van der Waals surface area contributed by atoms with E-state index < -0.39 is 0 Å². The molecule has 1 aromatic rings. The molecule has 0 aliphatic rings. The van der Waals surface area contributed by atoms with Gasteiger partial charge in [-0.3, -0.25) is 4.79 Å². The van der Waals surface area contributed by atoms with E-state index in [1.807, 2.05) is 13.0 Å². The van der Waals surface area contributed by atoms with Crippen molar-refractivity contribution in [2.45, 2.75) is 72.8 Å². The van der Waals surface area contributed by atoms with Crippen LogP contribution in [0.2, 0.25) is 0 Å². The Morgan fingerprint density at radius 3 is 2.48 bits per heavy atom. The lowest BCUT2D eigenvalue weighted by atomic mass is 10.0. The molecule has 0 aromatic carbocycles. The number of carbonyl (C=O) groups excluding carboxylic acids is 1. The van der Waals surface area contributed by atoms with Gasteiger partial charge in [0.25, 0.3) is 0 Å². The van der Waals surface area contributed by atoms with Crippen LogP contribution < -0.4 is 0 Å². The van der Waals surface area contributed by atoms with Crippen LogP contribution in [-0.2, 0) is 16.0 Å². The SMILES string of the molecule is CC(=O)OC(CC=C(C)C)/C(C)=C/CC/C(C)=C/CCc1ccoc1. The predicted octanol–water partition coefficient (Wildman–Crippen LogP) is 6.17. The highest BCUT2D eigenvalue weighted by molar-refractivity contribution is 5.66. The zero-order valence-corrected chi connectivity index (χ0v) is 16.3. The fourth-order valence-corrected chi connectivity index (χ4v) is 2.55. The summed E-state index contributed by atoms with van der Waals surface area (Å²) < 4.78 is 10.5. The van der Waals surface area contributed by atoms with Gasteiger partial charge < -0.3 is 9.15 Å². The van der Waals surface area contributed by atoms with Gasteiger partial charge in [-0.1, -0.05) is 29.4 Å². The van der Waals surface area contributed by atoms with Gasteiger partial charge in [-0.2, -0.15) is 0 Å². The molecular formula is C22H32O3. The Hall–Kier alpha value is -2.03. The van der Waals surface area contributed by atoms with Crippen LogP contribution in [0.1, 0.15) is 65.9 Å². The van der Waals surface area contributed by atoms with Crippen molar-refractivity contribution in [2.75, 3.05) is 0 Å². The maximum absolute atomic E-state index is 11.3. The highest BCUT2D eigenvalue weighted by Gasteiger charge is 2.12. The van der Waals surface area contributed by atoms with Crippen molar-refractivity contribution in [1.82, 2.24) is 0 Å². The summed E-state index contributed by atoms with van der Waals surface area (Å²) in [6, 6.07) is 2.01. The molecule has 0 bridgehead atoms. The average molecular weight is 344 g/mol. The quantitative estimate of drug-likeness (QED) is 0.376. The predicted molar refractivity (Wildman–Crippen MR) is 103 cm³/mol. The maximum atomic E-state index is 11.3. The van der Waals surface area contributed by atoms with Crippen LogP contribution in [0.15, 0.2) is 58.0 Å². The molecule has 0 fully saturated rings. The Morgan fingerprint density at radius 2 is 1.88 bits per heavy atom. The third kappa shape index (κ3) is 9.75. The average Bonchev–Trinajstić information content (AvgIpc) is 3.04. The molecule has 0 spiro atoms. The minimum absolute atomic E-state index is 0.155. The molecule has 0 N–H and O–H groups in total. The molecule has 1 aromatic heterocycles. The van der Waals surface area contributed by atoms with E-state index in [0.29, 0.717) is 0 Å². The van der Waals surface area contributed by atoms with Crippen LogP contribution in [0.5, 0.6) is 0 Å². The van der Waals surface area contributed by atoms with Crippen molar-refractivity contribution in [2.24, 2.45) is 0 Å². The zero-order chi connectivity index (χ0) is 18.7. The third-order valence-electron chi connectivity index (χ3n) is 4.07. The third-order valence-corrected chi connectivity index (χ3v) is 4.07. The molecule has 138 valence electrons. The van der Waals surface area contributed by atoms with E-state index in [2.05, 4.69) is 39.0 Å². The molecule has 25 heavy (non-hydrogen) atoms. The first-order valence-corrected chi connectivity index (χ1v) is 9.02. The number of aryl methyl sites for hydroxylation is 1. The van der Waals surface area contributed by atoms with Crippen LogP contribution in [0.3, 0.4) is 0 Å². The van der Waals surface area contributed by atoms with Crippen molar-refractivity contribution in [3.63, 3.8) is 0 Å². The van der Waals surface area contributed by atoms with Gasteiger partial charge in [0.15, 0.2) is 0 Å². The van der Waals surface area contributed by atoms with Crippen molar-refractivity contribution in [1.29, 1.82) is 0 Å². The van der Waals surface area contributed by atoms with Crippen LogP contribution >= 0.6 is 0 Å². The van der Waals surface area contributed by atoms with Gasteiger partial charge in [0.2, 0.25) is 0 Å². The Morgan fingerprint density at radius 1 is 1.12 bits per heavy atom. The van der Waals surface area contributed by atoms with Crippen molar-refractivity contribution >= 4 is 5.97 Å². The number of carbonyl (C=O) groups is 1. The highest BCUT2D eigenvalue weighted by Crippen LogP contribution is 2.16. The van der Waals surface area contributed by atoms with Crippen molar-refractivity contribution in [3.8, 4) is 0 Å². The van der Waals surface area contributed by atoms with E-state index >= 15 is 0 Å². The Bertz CT molecular complexity index is 599. The Kier molecular flexibility index (Phi) is 9.68. The summed E-state index contributed by atoms with van der Waals surface area (Å²) >= 11 is 0. The summed E-state index contributed by atoms with van der Waals surface area (Å²) in [4.78, 5) is 11.3. The molecule has 0 radical (unpaired) electrons. The number of ether oxygens (including phenoxy) is 1. The molecule has 0 aliphatic carbocycles. The number of allylic oxidation sites excluding steroid dienone is 4. The van der Waals surface area contributed by atoms with Gasteiger partial charge in [0, 0.05) is 13.3 Å². The summed E-state index contributed by atoms with van der Waals surface area (Å²) in [7, 11) is 0. The molecule has 0 saturated carbocycles. The molecule has 1 rings (SSSR count). The van der Waals surface area contributed by atoms with E-state index in [4.69, 9.17) is 9.15 Å². The molecule has 3 nitrogen and oxygen atoms in total. The minimum atomic E-state index is -0.227. The summed E-state index contributed by atoms with van der Waals surface area (Å²) in [5.74, 6) is -0.227. The number of hydrogen-bond donors (Lipinski definition) is 0. The number of rotatable bonds is 10. The smallest absolute Gasteiger partial charge is 0.303 e. The topological polar surface area (TPSA) is 39.4 Å². The Labute approximate surface area is 152 Å². The lowest BCUT2D eigenvalue weighted by molar-refractivity contribution is -0.144. The van der Waals surface area contributed by atoms with E-state index in [1.54, 1.807) is 12.5 Å². The van der Waals surface area contributed by atoms with Gasteiger partial charge >= 0.3 is 5.97 Å². The molecule has 0 amide bonds. The normalized spacial score (nSPS) is 13.5. The molecule has 1 unspecified atom stereocenters. The largest absolute Gasteiger partial charge is 0.472 e. The fraction of sp³-hybridized carbons (Fsp3) is 0.500. The van der Waals surface area contributed by atoms with E-state index in [9.17, 15) is 4.79 Å². The van der Waals surface area contributed by atoms with Gasteiger partial charge in [0.05, 0.1) is 12.5 Å². The maximum Gasteiger partial charge on any atom is 0.303 e. The number of esters is 1. The first-order chi connectivity index (χ1) is 11.9. The molecular weight excluding hydrogens is 312 g/mol. The first-order valence-electron chi connectivity index (χ1n) is 9.02. The van der Waals surface area contributed by atoms with Crippen LogP contribution in [0.4, 0.5) is 0 Å². The van der Waals surface area contributed by atoms with Crippen molar-refractivity contribution in [3.05, 3.63) is 59.1 Å². The summed E-state index contributed by atoms with van der Waals surface area (Å²) in [6.45, 7) is 9.80. The van der Waals surface area contributed by atoms with E-state index in [1.165, 1.54) is 23.6 Å². The van der Waals surface area contributed by atoms with Gasteiger partial charge in [-0.25, -0.2) is 0 Å². The summed E-state index contributed by atoms with van der Waals surface area (Å²) in [5, 5.41) is 0.